The summed E-state index contributed by atoms with van der Waals surface area (Å²) in [5, 5.41) is 2.56. The SMILES string of the molecule is CCC(N)C(=O)Nc1cnccn1. The first-order valence-electron chi connectivity index (χ1n) is 4.06. The number of aromatic nitrogens is 2. The van der Waals surface area contributed by atoms with E-state index in [-0.39, 0.29) is 5.91 Å². The van der Waals surface area contributed by atoms with Crippen LogP contribution in [0, 0.1) is 0 Å². The van der Waals surface area contributed by atoms with Gasteiger partial charge in [-0.3, -0.25) is 9.78 Å². The molecule has 0 aliphatic carbocycles. The lowest BCUT2D eigenvalue weighted by atomic mass is 10.2. The highest BCUT2D eigenvalue weighted by Gasteiger charge is 2.10. The molecule has 1 amide bonds. The molecule has 0 radical (unpaired) electrons. The first-order chi connectivity index (χ1) is 6.24. The first-order valence-corrected chi connectivity index (χ1v) is 4.06. The highest BCUT2D eigenvalue weighted by molar-refractivity contribution is 5.93. The monoisotopic (exact) mass is 180 g/mol. The van der Waals surface area contributed by atoms with Gasteiger partial charge in [0.15, 0.2) is 5.82 Å². The predicted octanol–water partition coefficient (Wildman–Crippen LogP) is 0.152. The average molecular weight is 180 g/mol. The number of carbonyl (C=O) groups is 1. The van der Waals surface area contributed by atoms with Crippen molar-refractivity contribution >= 4 is 11.7 Å². The van der Waals surface area contributed by atoms with Crippen LogP contribution in [0.15, 0.2) is 18.6 Å². The molecule has 0 bridgehead atoms. The maximum atomic E-state index is 11.2. The van der Waals surface area contributed by atoms with Gasteiger partial charge < -0.3 is 11.1 Å². The van der Waals surface area contributed by atoms with Crippen LogP contribution in [0.1, 0.15) is 13.3 Å². The fourth-order valence-electron chi connectivity index (χ4n) is 0.768. The zero-order valence-corrected chi connectivity index (χ0v) is 7.40. The fourth-order valence-corrected chi connectivity index (χ4v) is 0.768. The van der Waals surface area contributed by atoms with E-state index in [1.54, 1.807) is 0 Å². The van der Waals surface area contributed by atoms with Gasteiger partial charge in [0.05, 0.1) is 12.2 Å². The van der Waals surface area contributed by atoms with Crippen LogP contribution in [-0.2, 0) is 4.79 Å². The summed E-state index contributed by atoms with van der Waals surface area (Å²) < 4.78 is 0. The van der Waals surface area contributed by atoms with E-state index in [2.05, 4.69) is 15.3 Å². The molecule has 1 unspecified atom stereocenters. The van der Waals surface area contributed by atoms with Gasteiger partial charge in [-0.1, -0.05) is 6.92 Å². The first kappa shape index (κ1) is 9.60. The molecule has 5 nitrogen and oxygen atoms in total. The molecule has 0 saturated carbocycles. The van der Waals surface area contributed by atoms with Gasteiger partial charge in [-0.2, -0.15) is 0 Å². The summed E-state index contributed by atoms with van der Waals surface area (Å²) in [6, 6.07) is -0.484. The highest BCUT2D eigenvalue weighted by Crippen LogP contribution is 1.98. The number of rotatable bonds is 3. The number of nitrogens with one attached hydrogen (secondary N) is 1. The maximum absolute atomic E-state index is 11.2. The Morgan fingerprint density at radius 1 is 1.69 bits per heavy atom. The van der Waals surface area contributed by atoms with Crippen LogP contribution in [0.4, 0.5) is 5.82 Å². The van der Waals surface area contributed by atoms with Crippen molar-refractivity contribution in [2.45, 2.75) is 19.4 Å². The summed E-state index contributed by atoms with van der Waals surface area (Å²) in [5.74, 6) is 0.194. The summed E-state index contributed by atoms with van der Waals surface area (Å²) in [5.41, 5.74) is 5.50. The number of anilines is 1. The number of nitrogens with zero attached hydrogens (tertiary/aromatic N) is 2. The molecule has 70 valence electrons. The van der Waals surface area contributed by atoms with E-state index in [1.165, 1.54) is 18.6 Å². The van der Waals surface area contributed by atoms with Gasteiger partial charge in [0.2, 0.25) is 5.91 Å². The lowest BCUT2D eigenvalue weighted by molar-refractivity contribution is -0.117. The van der Waals surface area contributed by atoms with Crippen molar-refractivity contribution in [1.29, 1.82) is 0 Å². The average Bonchev–Trinajstić information content (AvgIpc) is 2.18. The topological polar surface area (TPSA) is 80.9 Å². The zero-order valence-electron chi connectivity index (χ0n) is 7.40. The minimum absolute atomic E-state index is 0.233. The molecule has 0 aromatic carbocycles. The van der Waals surface area contributed by atoms with Crippen molar-refractivity contribution in [2.75, 3.05) is 5.32 Å². The van der Waals surface area contributed by atoms with Crippen molar-refractivity contribution in [3.8, 4) is 0 Å². The molecule has 0 fully saturated rings. The Morgan fingerprint density at radius 2 is 2.46 bits per heavy atom. The maximum Gasteiger partial charge on any atom is 0.242 e. The van der Waals surface area contributed by atoms with E-state index in [0.717, 1.165) is 0 Å². The normalized spacial score (nSPS) is 12.2. The smallest absolute Gasteiger partial charge is 0.242 e. The minimum Gasteiger partial charge on any atom is -0.320 e. The highest BCUT2D eigenvalue weighted by atomic mass is 16.2. The third-order valence-corrected chi connectivity index (χ3v) is 1.59. The molecule has 3 N–H and O–H groups in total. The quantitative estimate of drug-likeness (QED) is 0.694. The van der Waals surface area contributed by atoms with E-state index in [9.17, 15) is 4.79 Å². The van der Waals surface area contributed by atoms with Gasteiger partial charge in [0, 0.05) is 12.4 Å². The van der Waals surface area contributed by atoms with Gasteiger partial charge in [-0.15, -0.1) is 0 Å². The molecule has 0 aliphatic rings. The van der Waals surface area contributed by atoms with Gasteiger partial charge in [-0.05, 0) is 6.42 Å². The molecule has 0 saturated heterocycles. The third-order valence-electron chi connectivity index (χ3n) is 1.59. The van der Waals surface area contributed by atoms with Crippen LogP contribution in [0.3, 0.4) is 0 Å². The van der Waals surface area contributed by atoms with Crippen LogP contribution in [0.2, 0.25) is 0 Å². The number of nitrogens with two attached hydrogens (primary N) is 1. The Hall–Kier alpha value is -1.49. The van der Waals surface area contributed by atoms with Crippen molar-refractivity contribution in [3.05, 3.63) is 18.6 Å². The minimum atomic E-state index is -0.484. The van der Waals surface area contributed by atoms with Gasteiger partial charge in [0.1, 0.15) is 0 Å². The van der Waals surface area contributed by atoms with Crippen molar-refractivity contribution in [2.24, 2.45) is 5.73 Å². The molecule has 1 heterocycles. The van der Waals surface area contributed by atoms with Crippen LogP contribution in [-0.4, -0.2) is 21.9 Å². The standard InChI is InChI=1S/C8H12N4O/c1-2-6(9)8(13)12-7-5-10-3-4-11-7/h3-6H,2,9H2,1H3,(H,11,12,13). The van der Waals surface area contributed by atoms with E-state index in [0.29, 0.717) is 12.2 Å². The van der Waals surface area contributed by atoms with Gasteiger partial charge in [-0.25, -0.2) is 4.98 Å². The summed E-state index contributed by atoms with van der Waals surface area (Å²) >= 11 is 0. The number of hydrogen-bond donors (Lipinski definition) is 2. The summed E-state index contributed by atoms with van der Waals surface area (Å²) in [4.78, 5) is 18.9. The van der Waals surface area contributed by atoms with Gasteiger partial charge in [0.25, 0.3) is 0 Å². The van der Waals surface area contributed by atoms with Crippen molar-refractivity contribution in [3.63, 3.8) is 0 Å². The van der Waals surface area contributed by atoms with E-state index < -0.39 is 6.04 Å². The molecule has 13 heavy (non-hydrogen) atoms. The number of amides is 1. The van der Waals surface area contributed by atoms with Crippen molar-refractivity contribution < 1.29 is 4.79 Å². The van der Waals surface area contributed by atoms with Crippen molar-refractivity contribution in [1.82, 2.24) is 9.97 Å². The van der Waals surface area contributed by atoms with Crippen LogP contribution in [0.25, 0.3) is 0 Å². The Morgan fingerprint density at radius 3 is 3.00 bits per heavy atom. The Kier molecular flexibility index (Phi) is 3.33. The fraction of sp³-hybridized carbons (Fsp3) is 0.375. The lowest BCUT2D eigenvalue weighted by Gasteiger charge is -2.08. The molecule has 0 spiro atoms. The number of carbonyl (C=O) groups excluding carboxylic acids is 1. The molecular formula is C8H12N4O. The number of hydrogen-bond acceptors (Lipinski definition) is 4. The summed E-state index contributed by atoms with van der Waals surface area (Å²) in [6.07, 6.45) is 5.12. The molecular weight excluding hydrogens is 168 g/mol. The van der Waals surface area contributed by atoms with E-state index in [1.807, 2.05) is 6.92 Å². The summed E-state index contributed by atoms with van der Waals surface area (Å²) in [7, 11) is 0. The molecule has 1 aromatic rings. The van der Waals surface area contributed by atoms with Gasteiger partial charge >= 0.3 is 0 Å². The van der Waals surface area contributed by atoms with E-state index >= 15 is 0 Å². The largest absolute Gasteiger partial charge is 0.320 e. The second-order valence-corrected chi connectivity index (χ2v) is 2.59. The summed E-state index contributed by atoms with van der Waals surface area (Å²) in [6.45, 7) is 1.85. The molecule has 5 heteroatoms. The Bertz CT molecular complexity index is 275. The zero-order chi connectivity index (χ0) is 9.68. The van der Waals surface area contributed by atoms with Crippen LogP contribution < -0.4 is 11.1 Å². The molecule has 1 aromatic heterocycles. The Balaban J connectivity index is 2.55. The predicted molar refractivity (Wildman–Crippen MR) is 48.9 cm³/mol. The second-order valence-electron chi connectivity index (χ2n) is 2.59. The lowest BCUT2D eigenvalue weighted by Crippen LogP contribution is -2.35. The third kappa shape index (κ3) is 2.79. The molecule has 1 atom stereocenters. The second kappa shape index (κ2) is 4.51. The molecule has 0 aliphatic heterocycles. The van der Waals surface area contributed by atoms with E-state index in [4.69, 9.17) is 5.73 Å². The molecule has 1 rings (SSSR count). The van der Waals surface area contributed by atoms with Crippen LogP contribution >= 0.6 is 0 Å². The van der Waals surface area contributed by atoms with Crippen LogP contribution in [0.5, 0.6) is 0 Å². The Labute approximate surface area is 76.4 Å².